The van der Waals surface area contributed by atoms with Crippen LogP contribution in [-0.2, 0) is 13.1 Å². The first-order chi connectivity index (χ1) is 11.3. The van der Waals surface area contributed by atoms with Gasteiger partial charge in [0, 0.05) is 35.9 Å². The molecule has 6 heteroatoms. The maximum Gasteiger partial charge on any atom is 0.123 e. The summed E-state index contributed by atoms with van der Waals surface area (Å²) in [5.74, 6) is 0.885. The van der Waals surface area contributed by atoms with E-state index < -0.39 is 0 Å². The molecule has 0 amide bonds. The van der Waals surface area contributed by atoms with Gasteiger partial charge in [0.1, 0.15) is 5.75 Å². The maximum absolute atomic E-state index is 5.48. The topological polar surface area (TPSA) is 52.0 Å². The van der Waals surface area contributed by atoms with Crippen LogP contribution in [0.5, 0.6) is 5.75 Å². The Morgan fingerprint density at radius 1 is 1.39 bits per heavy atom. The van der Waals surface area contributed by atoms with Gasteiger partial charge in [-0.1, -0.05) is 6.07 Å². The van der Waals surface area contributed by atoms with Crippen molar-refractivity contribution in [2.75, 3.05) is 7.11 Å². The number of ether oxygens (including phenoxy) is 1. The molecule has 1 N–H and O–H groups in total. The number of nitrogens with one attached hydrogen (secondary N) is 1. The van der Waals surface area contributed by atoms with Gasteiger partial charge in [-0.25, -0.2) is 4.98 Å². The minimum atomic E-state index is 0.235. The quantitative estimate of drug-likeness (QED) is 0.723. The largest absolute Gasteiger partial charge is 0.496 e. The van der Waals surface area contributed by atoms with E-state index in [1.54, 1.807) is 24.6 Å². The Morgan fingerprint density at radius 3 is 3.00 bits per heavy atom. The van der Waals surface area contributed by atoms with Gasteiger partial charge in [-0.3, -0.25) is 4.68 Å². The minimum absolute atomic E-state index is 0.235. The monoisotopic (exact) mass is 328 g/mol. The molecule has 23 heavy (non-hydrogen) atoms. The fourth-order valence-corrected chi connectivity index (χ4v) is 3.02. The van der Waals surface area contributed by atoms with E-state index in [1.165, 1.54) is 5.56 Å². The Balaban J connectivity index is 1.73. The molecule has 1 aromatic carbocycles. The van der Waals surface area contributed by atoms with Crippen molar-refractivity contribution in [1.29, 1.82) is 0 Å². The van der Waals surface area contributed by atoms with Crippen LogP contribution in [0.4, 0.5) is 0 Å². The molecule has 2 heterocycles. The summed E-state index contributed by atoms with van der Waals surface area (Å²) in [5.41, 5.74) is 5.28. The fraction of sp³-hybridized carbons (Fsp3) is 0.294. The molecular formula is C17H20N4OS. The lowest BCUT2D eigenvalue weighted by Crippen LogP contribution is -2.18. The van der Waals surface area contributed by atoms with Gasteiger partial charge >= 0.3 is 0 Å². The summed E-state index contributed by atoms with van der Waals surface area (Å²) in [5, 5.41) is 9.84. The van der Waals surface area contributed by atoms with Crippen molar-refractivity contribution < 1.29 is 4.74 Å². The van der Waals surface area contributed by atoms with Gasteiger partial charge in [0.2, 0.25) is 0 Å². The van der Waals surface area contributed by atoms with Gasteiger partial charge in [0.25, 0.3) is 0 Å². The summed E-state index contributed by atoms with van der Waals surface area (Å²) in [6.45, 7) is 3.62. The number of methoxy groups -OCH3 is 1. The lowest BCUT2D eigenvalue weighted by atomic mass is 10.0. The predicted octanol–water partition coefficient (Wildman–Crippen LogP) is 3.25. The van der Waals surface area contributed by atoms with Crippen molar-refractivity contribution in [3.8, 4) is 5.75 Å². The van der Waals surface area contributed by atoms with Crippen molar-refractivity contribution in [3.63, 3.8) is 0 Å². The van der Waals surface area contributed by atoms with E-state index in [0.717, 1.165) is 23.6 Å². The van der Waals surface area contributed by atoms with Crippen LogP contribution in [0.3, 0.4) is 0 Å². The molecule has 0 aliphatic heterocycles. The van der Waals surface area contributed by atoms with Crippen molar-refractivity contribution in [2.24, 2.45) is 0 Å². The van der Waals surface area contributed by atoms with E-state index in [9.17, 15) is 0 Å². The van der Waals surface area contributed by atoms with Crippen LogP contribution in [0.2, 0.25) is 0 Å². The summed E-state index contributed by atoms with van der Waals surface area (Å²) in [6.07, 6.45) is 3.74. The van der Waals surface area contributed by atoms with Crippen LogP contribution in [0.15, 0.2) is 47.5 Å². The number of rotatable bonds is 7. The van der Waals surface area contributed by atoms with Gasteiger partial charge in [-0.05, 0) is 30.7 Å². The van der Waals surface area contributed by atoms with Crippen molar-refractivity contribution in [3.05, 3.63) is 64.4 Å². The molecular weight excluding hydrogens is 308 g/mol. The molecule has 0 fully saturated rings. The second-order valence-electron chi connectivity index (χ2n) is 5.36. The lowest BCUT2D eigenvalue weighted by Gasteiger charge is -2.17. The average Bonchev–Trinajstić information content (AvgIpc) is 3.26. The number of hydrogen-bond donors (Lipinski definition) is 1. The molecule has 120 valence electrons. The summed E-state index contributed by atoms with van der Waals surface area (Å²) in [7, 11) is 1.70. The normalized spacial score (nSPS) is 12.3. The Labute approximate surface area is 140 Å². The van der Waals surface area contributed by atoms with E-state index in [2.05, 4.69) is 39.8 Å². The molecule has 5 nitrogen and oxygen atoms in total. The first-order valence-corrected chi connectivity index (χ1v) is 8.45. The van der Waals surface area contributed by atoms with Gasteiger partial charge in [0.05, 0.1) is 24.9 Å². The highest BCUT2D eigenvalue weighted by atomic mass is 32.1. The Morgan fingerprint density at radius 2 is 2.30 bits per heavy atom. The zero-order valence-corrected chi connectivity index (χ0v) is 14.1. The van der Waals surface area contributed by atoms with E-state index in [1.807, 2.05) is 28.5 Å². The van der Waals surface area contributed by atoms with Gasteiger partial charge in [-0.2, -0.15) is 5.10 Å². The highest BCUT2D eigenvalue weighted by Gasteiger charge is 2.10. The molecule has 0 aliphatic carbocycles. The molecule has 0 radical (unpaired) electrons. The highest BCUT2D eigenvalue weighted by molar-refractivity contribution is 7.07. The van der Waals surface area contributed by atoms with E-state index in [4.69, 9.17) is 4.74 Å². The Kier molecular flexibility index (Phi) is 5.05. The van der Waals surface area contributed by atoms with E-state index >= 15 is 0 Å². The van der Waals surface area contributed by atoms with Crippen LogP contribution in [0, 0.1) is 0 Å². The smallest absolute Gasteiger partial charge is 0.123 e. The number of nitrogens with zero attached hydrogens (tertiary/aromatic N) is 3. The second-order valence-corrected chi connectivity index (χ2v) is 6.08. The van der Waals surface area contributed by atoms with Crippen LogP contribution >= 0.6 is 11.3 Å². The molecule has 1 atom stereocenters. The first kappa shape index (κ1) is 15.7. The number of hydrogen-bond acceptors (Lipinski definition) is 5. The standard InChI is InChI=1S/C17H20N4OS/c1-13(18-9-16-11-23-12-19-16)14-4-5-17(22-2)15(8-14)10-21-7-3-6-20-21/h3-8,11-13,18H,9-10H2,1-2H3/t13-/m1/s1. The summed E-state index contributed by atoms with van der Waals surface area (Å²) < 4.78 is 7.38. The first-order valence-electron chi connectivity index (χ1n) is 7.51. The van der Waals surface area contributed by atoms with Crippen molar-refractivity contribution in [2.45, 2.75) is 26.1 Å². The molecule has 3 rings (SSSR count). The molecule has 0 spiro atoms. The van der Waals surface area contributed by atoms with Crippen molar-refractivity contribution >= 4 is 11.3 Å². The Hall–Kier alpha value is -2.18. The van der Waals surface area contributed by atoms with Crippen LogP contribution in [0.25, 0.3) is 0 Å². The van der Waals surface area contributed by atoms with E-state index in [0.29, 0.717) is 6.54 Å². The van der Waals surface area contributed by atoms with Gasteiger partial charge < -0.3 is 10.1 Å². The third-order valence-corrected chi connectivity index (χ3v) is 4.40. The van der Waals surface area contributed by atoms with Gasteiger partial charge in [-0.15, -0.1) is 11.3 Å². The average molecular weight is 328 g/mol. The van der Waals surface area contributed by atoms with Crippen LogP contribution < -0.4 is 10.1 Å². The minimum Gasteiger partial charge on any atom is -0.496 e. The Bertz CT molecular complexity index is 725. The van der Waals surface area contributed by atoms with Gasteiger partial charge in [0.15, 0.2) is 0 Å². The molecule has 0 unspecified atom stereocenters. The highest BCUT2D eigenvalue weighted by Crippen LogP contribution is 2.24. The third-order valence-electron chi connectivity index (χ3n) is 3.77. The maximum atomic E-state index is 5.48. The SMILES string of the molecule is COc1ccc([C@@H](C)NCc2cscn2)cc1Cn1cccn1. The molecule has 3 aromatic rings. The lowest BCUT2D eigenvalue weighted by molar-refractivity contribution is 0.406. The number of aromatic nitrogens is 3. The molecule has 0 bridgehead atoms. The number of benzene rings is 1. The second kappa shape index (κ2) is 7.39. The van der Waals surface area contributed by atoms with E-state index in [-0.39, 0.29) is 6.04 Å². The summed E-state index contributed by atoms with van der Waals surface area (Å²) in [6, 6.07) is 8.46. The molecule has 0 aliphatic rings. The number of thiazole rings is 1. The zero-order chi connectivity index (χ0) is 16.1. The molecule has 2 aromatic heterocycles. The fourth-order valence-electron chi connectivity index (χ4n) is 2.46. The summed E-state index contributed by atoms with van der Waals surface area (Å²) >= 11 is 1.62. The van der Waals surface area contributed by atoms with Crippen molar-refractivity contribution in [1.82, 2.24) is 20.1 Å². The predicted molar refractivity (Wildman–Crippen MR) is 91.7 cm³/mol. The zero-order valence-electron chi connectivity index (χ0n) is 13.3. The molecule has 0 saturated heterocycles. The third kappa shape index (κ3) is 3.97. The summed E-state index contributed by atoms with van der Waals surface area (Å²) in [4.78, 5) is 4.30. The van der Waals surface area contributed by atoms with Crippen LogP contribution in [0.1, 0.15) is 29.8 Å². The molecule has 0 saturated carbocycles. The van der Waals surface area contributed by atoms with Crippen LogP contribution in [-0.4, -0.2) is 21.9 Å².